The summed E-state index contributed by atoms with van der Waals surface area (Å²) in [6.45, 7) is 7.24. The van der Waals surface area contributed by atoms with Crippen molar-refractivity contribution in [2.45, 2.75) is 45.1 Å². The SMILES string of the molecule is CCNC1CCCN(CCCCCSC)C1. The molecule has 0 radical (unpaired) electrons. The molecule has 0 aromatic carbocycles. The van der Waals surface area contributed by atoms with Crippen molar-refractivity contribution < 1.29 is 0 Å². The van der Waals surface area contributed by atoms with Crippen LogP contribution in [0.1, 0.15) is 39.0 Å². The van der Waals surface area contributed by atoms with E-state index in [-0.39, 0.29) is 0 Å². The molecule has 0 spiro atoms. The molecule has 0 aromatic rings. The zero-order valence-corrected chi connectivity index (χ0v) is 11.8. The molecule has 2 nitrogen and oxygen atoms in total. The largest absolute Gasteiger partial charge is 0.313 e. The second-order valence-electron chi connectivity index (χ2n) is 4.75. The minimum absolute atomic E-state index is 0.755. The van der Waals surface area contributed by atoms with Gasteiger partial charge in [-0.2, -0.15) is 11.8 Å². The first-order chi connectivity index (χ1) is 7.86. The van der Waals surface area contributed by atoms with Crippen molar-refractivity contribution in [3.8, 4) is 0 Å². The van der Waals surface area contributed by atoms with Gasteiger partial charge in [-0.3, -0.25) is 0 Å². The summed E-state index contributed by atoms with van der Waals surface area (Å²) in [4.78, 5) is 2.65. The van der Waals surface area contributed by atoms with Gasteiger partial charge in [-0.25, -0.2) is 0 Å². The third kappa shape index (κ3) is 6.12. The van der Waals surface area contributed by atoms with Crippen LogP contribution < -0.4 is 5.32 Å². The van der Waals surface area contributed by atoms with E-state index in [4.69, 9.17) is 0 Å². The number of piperidine rings is 1. The molecule has 1 unspecified atom stereocenters. The number of thioether (sulfide) groups is 1. The molecule has 0 aliphatic carbocycles. The van der Waals surface area contributed by atoms with E-state index < -0.39 is 0 Å². The molecule has 3 heteroatoms. The van der Waals surface area contributed by atoms with Gasteiger partial charge in [-0.1, -0.05) is 13.3 Å². The Bertz CT molecular complexity index is 162. The van der Waals surface area contributed by atoms with E-state index in [0.29, 0.717) is 0 Å². The molecular weight excluding hydrogens is 216 g/mol. The highest BCUT2D eigenvalue weighted by molar-refractivity contribution is 7.98. The lowest BCUT2D eigenvalue weighted by molar-refractivity contribution is 0.189. The third-order valence-electron chi connectivity index (χ3n) is 3.32. The van der Waals surface area contributed by atoms with Crippen molar-refractivity contribution in [3.05, 3.63) is 0 Å². The lowest BCUT2D eigenvalue weighted by Crippen LogP contribution is -2.45. The molecule has 0 aromatic heterocycles. The Labute approximate surface area is 106 Å². The van der Waals surface area contributed by atoms with E-state index in [1.54, 1.807) is 0 Å². The molecule has 1 rings (SSSR count). The van der Waals surface area contributed by atoms with Gasteiger partial charge in [0.05, 0.1) is 0 Å². The molecule has 96 valence electrons. The van der Waals surface area contributed by atoms with E-state index in [2.05, 4.69) is 23.4 Å². The van der Waals surface area contributed by atoms with Crippen molar-refractivity contribution in [3.63, 3.8) is 0 Å². The van der Waals surface area contributed by atoms with Crippen molar-refractivity contribution in [1.82, 2.24) is 10.2 Å². The van der Waals surface area contributed by atoms with Gasteiger partial charge in [0, 0.05) is 12.6 Å². The first kappa shape index (κ1) is 14.3. The van der Waals surface area contributed by atoms with Crippen molar-refractivity contribution in [2.24, 2.45) is 0 Å². The van der Waals surface area contributed by atoms with E-state index in [1.165, 1.54) is 57.5 Å². The molecule has 1 N–H and O–H groups in total. The highest BCUT2D eigenvalue weighted by Crippen LogP contribution is 2.11. The Morgan fingerprint density at radius 2 is 2.19 bits per heavy atom. The van der Waals surface area contributed by atoms with Gasteiger partial charge in [0.1, 0.15) is 0 Å². The second kappa shape index (κ2) is 9.32. The Balaban J connectivity index is 2.02. The molecule has 16 heavy (non-hydrogen) atoms. The number of likely N-dealkylation sites (N-methyl/N-ethyl adjacent to an activating group) is 1. The molecule has 1 aliphatic rings. The zero-order chi connectivity index (χ0) is 11.6. The number of nitrogens with one attached hydrogen (secondary N) is 1. The summed E-state index contributed by atoms with van der Waals surface area (Å²) in [5.41, 5.74) is 0. The maximum Gasteiger partial charge on any atom is 0.0195 e. The molecule has 0 bridgehead atoms. The monoisotopic (exact) mass is 244 g/mol. The van der Waals surface area contributed by atoms with E-state index >= 15 is 0 Å². The normalized spacial score (nSPS) is 22.5. The summed E-state index contributed by atoms with van der Waals surface area (Å²) in [6, 6.07) is 0.755. The molecule has 1 atom stereocenters. The number of likely N-dealkylation sites (tertiary alicyclic amines) is 1. The van der Waals surface area contributed by atoms with Crippen LogP contribution in [-0.4, -0.2) is 49.1 Å². The maximum absolute atomic E-state index is 3.58. The minimum atomic E-state index is 0.755. The topological polar surface area (TPSA) is 15.3 Å². The van der Waals surface area contributed by atoms with Gasteiger partial charge >= 0.3 is 0 Å². The summed E-state index contributed by atoms with van der Waals surface area (Å²) < 4.78 is 0. The Hall–Kier alpha value is 0.270. The highest BCUT2D eigenvalue weighted by atomic mass is 32.2. The van der Waals surface area contributed by atoms with Crippen LogP contribution in [0.15, 0.2) is 0 Å². The molecule has 1 heterocycles. The molecule has 1 aliphatic heterocycles. The fourth-order valence-corrected chi connectivity index (χ4v) is 2.97. The molecule has 1 fully saturated rings. The van der Waals surface area contributed by atoms with Gasteiger partial charge < -0.3 is 10.2 Å². The van der Waals surface area contributed by atoms with Crippen LogP contribution in [0.25, 0.3) is 0 Å². The predicted octanol–water partition coefficient (Wildman–Crippen LogP) is 2.59. The average molecular weight is 244 g/mol. The number of nitrogens with zero attached hydrogens (tertiary/aromatic N) is 1. The number of hydrogen-bond acceptors (Lipinski definition) is 3. The van der Waals surface area contributed by atoms with Gasteiger partial charge in [0.25, 0.3) is 0 Å². The average Bonchev–Trinajstić information content (AvgIpc) is 2.30. The Morgan fingerprint density at radius 3 is 2.94 bits per heavy atom. The Morgan fingerprint density at radius 1 is 1.31 bits per heavy atom. The van der Waals surface area contributed by atoms with Gasteiger partial charge in [-0.05, 0) is 57.3 Å². The van der Waals surface area contributed by atoms with Crippen molar-refractivity contribution >= 4 is 11.8 Å². The van der Waals surface area contributed by atoms with Gasteiger partial charge in [0.15, 0.2) is 0 Å². The summed E-state index contributed by atoms with van der Waals surface area (Å²) >= 11 is 1.97. The van der Waals surface area contributed by atoms with Crippen LogP contribution in [0.3, 0.4) is 0 Å². The van der Waals surface area contributed by atoms with Crippen LogP contribution in [0.4, 0.5) is 0 Å². The zero-order valence-electron chi connectivity index (χ0n) is 11.0. The van der Waals surface area contributed by atoms with Gasteiger partial charge in [0.2, 0.25) is 0 Å². The van der Waals surface area contributed by atoms with E-state index in [0.717, 1.165) is 12.6 Å². The number of hydrogen-bond donors (Lipinski definition) is 1. The minimum Gasteiger partial charge on any atom is -0.313 e. The fourth-order valence-electron chi connectivity index (χ4n) is 2.47. The van der Waals surface area contributed by atoms with Crippen LogP contribution >= 0.6 is 11.8 Å². The highest BCUT2D eigenvalue weighted by Gasteiger charge is 2.17. The van der Waals surface area contributed by atoms with Crippen molar-refractivity contribution in [2.75, 3.05) is 38.2 Å². The molecule has 0 amide bonds. The Kier molecular flexibility index (Phi) is 8.34. The smallest absolute Gasteiger partial charge is 0.0195 e. The molecule has 0 saturated carbocycles. The summed E-state index contributed by atoms with van der Waals surface area (Å²) in [5, 5.41) is 3.58. The summed E-state index contributed by atoms with van der Waals surface area (Å²) in [6.07, 6.45) is 9.14. The lowest BCUT2D eigenvalue weighted by atomic mass is 10.1. The quantitative estimate of drug-likeness (QED) is 0.661. The first-order valence-electron chi connectivity index (χ1n) is 6.81. The lowest BCUT2D eigenvalue weighted by Gasteiger charge is -2.33. The van der Waals surface area contributed by atoms with Crippen LogP contribution in [0, 0.1) is 0 Å². The van der Waals surface area contributed by atoms with Crippen LogP contribution in [0.2, 0.25) is 0 Å². The van der Waals surface area contributed by atoms with Crippen LogP contribution in [-0.2, 0) is 0 Å². The number of unbranched alkanes of at least 4 members (excludes halogenated alkanes) is 2. The third-order valence-corrected chi connectivity index (χ3v) is 4.02. The van der Waals surface area contributed by atoms with Crippen molar-refractivity contribution in [1.29, 1.82) is 0 Å². The van der Waals surface area contributed by atoms with Crippen LogP contribution in [0.5, 0.6) is 0 Å². The standard InChI is InChI=1S/C13H28N2S/c1-3-14-13-8-7-10-15(12-13)9-5-4-6-11-16-2/h13-14H,3-12H2,1-2H3. The second-order valence-corrected chi connectivity index (χ2v) is 5.74. The predicted molar refractivity (Wildman–Crippen MR) is 75.4 cm³/mol. The maximum atomic E-state index is 3.58. The van der Waals surface area contributed by atoms with E-state index in [1.807, 2.05) is 11.8 Å². The molecule has 1 saturated heterocycles. The fraction of sp³-hybridized carbons (Fsp3) is 1.00. The summed E-state index contributed by atoms with van der Waals surface area (Å²) in [5.74, 6) is 1.33. The number of rotatable bonds is 8. The van der Waals surface area contributed by atoms with Gasteiger partial charge in [-0.15, -0.1) is 0 Å². The van der Waals surface area contributed by atoms with E-state index in [9.17, 15) is 0 Å². The first-order valence-corrected chi connectivity index (χ1v) is 8.21. The molecular formula is C13H28N2S. The summed E-state index contributed by atoms with van der Waals surface area (Å²) in [7, 11) is 0.